The fraction of sp³-hybridized carbons (Fsp3) is 0.217. The number of Topliss-reactive ketones (excluding diaryl/α,β-unsaturated/α-hetero) is 1. The van der Waals surface area contributed by atoms with Crippen LogP contribution in [0.3, 0.4) is 0 Å². The zero-order valence-corrected chi connectivity index (χ0v) is 17.1. The van der Waals surface area contributed by atoms with Crippen LogP contribution in [0.15, 0.2) is 59.2 Å². The Bertz CT molecular complexity index is 1230. The van der Waals surface area contributed by atoms with Crippen LogP contribution in [0.25, 0.3) is 21.3 Å². The second-order valence-corrected chi connectivity index (χ2v) is 8.36. The molecule has 5 rings (SSSR count). The Labute approximate surface area is 171 Å². The third kappa shape index (κ3) is 2.67. The Hall–Kier alpha value is -3.12. The Kier molecular flexibility index (Phi) is 3.99. The van der Waals surface area contributed by atoms with Crippen LogP contribution in [0, 0.1) is 0 Å². The molecular formula is C23H19NO4S. The van der Waals surface area contributed by atoms with Crippen molar-refractivity contribution in [3.8, 4) is 10.4 Å². The molecule has 0 spiro atoms. The van der Waals surface area contributed by atoms with Gasteiger partial charge in [0.15, 0.2) is 0 Å². The number of ether oxygens (including phenoxy) is 2. The zero-order valence-electron chi connectivity index (χ0n) is 16.3. The first-order valence-electron chi connectivity index (χ1n) is 9.41. The van der Waals surface area contributed by atoms with Crippen molar-refractivity contribution in [3.05, 3.63) is 70.5 Å². The molecule has 3 heterocycles. The van der Waals surface area contributed by atoms with Gasteiger partial charge in [0.2, 0.25) is 5.78 Å². The van der Waals surface area contributed by atoms with Crippen LogP contribution in [0.2, 0.25) is 0 Å². The van der Waals surface area contributed by atoms with Crippen molar-refractivity contribution in [3.63, 3.8) is 0 Å². The van der Waals surface area contributed by atoms with E-state index in [1.54, 1.807) is 24.3 Å². The molecule has 0 saturated heterocycles. The first kappa shape index (κ1) is 17.9. The minimum absolute atomic E-state index is 0.0473. The lowest BCUT2D eigenvalue weighted by Crippen LogP contribution is -2.11. The lowest BCUT2D eigenvalue weighted by Gasteiger charge is -2.11. The van der Waals surface area contributed by atoms with Crippen molar-refractivity contribution in [2.45, 2.75) is 26.1 Å². The third-order valence-electron chi connectivity index (χ3n) is 5.68. The molecular weight excluding hydrogens is 386 g/mol. The molecule has 2 aliphatic rings. The number of nitrogens with zero attached hydrogens (tertiary/aromatic N) is 1. The van der Waals surface area contributed by atoms with Crippen LogP contribution in [-0.2, 0) is 21.3 Å². The smallest absolute Gasteiger partial charge is 0.336 e. The van der Waals surface area contributed by atoms with Gasteiger partial charge in [0.1, 0.15) is 0 Å². The number of aryl methyl sites for hydroxylation is 1. The number of allylic oxidation sites excluding steroid dienone is 1. The second kappa shape index (κ2) is 6.46. The summed E-state index contributed by atoms with van der Waals surface area (Å²) >= 11 is 1.70. The van der Waals surface area contributed by atoms with E-state index in [0.29, 0.717) is 16.8 Å². The van der Waals surface area contributed by atoms with Gasteiger partial charge in [-0.1, -0.05) is 19.1 Å². The molecule has 1 aliphatic heterocycles. The largest absolute Gasteiger partial charge is 0.458 e. The van der Waals surface area contributed by atoms with Gasteiger partial charge in [-0.25, -0.2) is 4.79 Å². The number of rotatable bonds is 3. The lowest BCUT2D eigenvalue weighted by molar-refractivity contribution is -0.152. The van der Waals surface area contributed by atoms with E-state index in [2.05, 4.69) is 29.6 Å². The number of hydrogen-bond donors (Lipinski definition) is 0. The number of carbonyl (C=O) groups excluding carboxylic acids is 2. The van der Waals surface area contributed by atoms with E-state index in [1.165, 1.54) is 11.1 Å². The molecule has 0 saturated carbocycles. The summed E-state index contributed by atoms with van der Waals surface area (Å²) in [5.41, 5.74) is 4.99. The lowest BCUT2D eigenvalue weighted by atomic mass is 9.98. The van der Waals surface area contributed by atoms with Crippen molar-refractivity contribution in [1.82, 2.24) is 4.57 Å². The van der Waals surface area contributed by atoms with E-state index in [9.17, 15) is 9.59 Å². The number of hydrogen-bond acceptors (Lipinski definition) is 5. The molecule has 0 amide bonds. The first-order chi connectivity index (χ1) is 14.0. The summed E-state index contributed by atoms with van der Waals surface area (Å²) < 4.78 is 12.7. The molecule has 0 radical (unpaired) electrons. The molecule has 3 aromatic rings. The molecule has 146 valence electrons. The summed E-state index contributed by atoms with van der Waals surface area (Å²) in [6.07, 6.45) is 2.29. The normalized spacial score (nSPS) is 22.3. The van der Waals surface area contributed by atoms with E-state index in [4.69, 9.17) is 9.47 Å². The summed E-state index contributed by atoms with van der Waals surface area (Å²) in [7, 11) is 1.92. The van der Waals surface area contributed by atoms with Gasteiger partial charge in [0.05, 0.1) is 12.0 Å². The first-order valence-corrected chi connectivity index (χ1v) is 10.3. The van der Waals surface area contributed by atoms with Gasteiger partial charge in [-0.05, 0) is 41.6 Å². The van der Waals surface area contributed by atoms with Crippen molar-refractivity contribution >= 4 is 34.0 Å². The summed E-state index contributed by atoms with van der Waals surface area (Å²) in [6.45, 7) is 3.69. The number of thiophene rings is 1. The highest BCUT2D eigenvalue weighted by molar-refractivity contribution is 7.13. The Morgan fingerprint density at radius 2 is 2.07 bits per heavy atom. The van der Waals surface area contributed by atoms with Gasteiger partial charge in [0, 0.05) is 46.0 Å². The molecule has 2 unspecified atom stereocenters. The van der Waals surface area contributed by atoms with Gasteiger partial charge in [-0.2, -0.15) is 0 Å². The van der Waals surface area contributed by atoms with Crippen LogP contribution in [-0.4, -0.2) is 22.6 Å². The van der Waals surface area contributed by atoms with Crippen molar-refractivity contribution < 1.29 is 19.1 Å². The highest BCUT2D eigenvalue weighted by Crippen LogP contribution is 2.44. The zero-order chi connectivity index (χ0) is 20.3. The second-order valence-electron chi connectivity index (χ2n) is 7.41. The van der Waals surface area contributed by atoms with E-state index in [0.717, 1.165) is 22.0 Å². The number of fused-ring (bicyclic) bond motifs is 3. The molecule has 1 aliphatic carbocycles. The van der Waals surface area contributed by atoms with Crippen LogP contribution in [0.5, 0.6) is 0 Å². The number of carbonyl (C=O) groups is 2. The van der Waals surface area contributed by atoms with Gasteiger partial charge in [-0.3, -0.25) is 4.79 Å². The van der Waals surface area contributed by atoms with Crippen LogP contribution in [0.1, 0.15) is 35.8 Å². The number of esters is 1. The van der Waals surface area contributed by atoms with Gasteiger partial charge < -0.3 is 14.0 Å². The van der Waals surface area contributed by atoms with Crippen LogP contribution < -0.4 is 0 Å². The average molecular weight is 405 g/mol. The van der Waals surface area contributed by atoms with Crippen LogP contribution in [0.4, 0.5) is 0 Å². The van der Waals surface area contributed by atoms with Gasteiger partial charge >= 0.3 is 5.97 Å². The van der Waals surface area contributed by atoms with E-state index < -0.39 is 12.3 Å². The summed E-state index contributed by atoms with van der Waals surface area (Å²) in [5, 5.41) is 3.14. The Morgan fingerprint density at radius 3 is 2.76 bits per heavy atom. The highest BCUT2D eigenvalue weighted by atomic mass is 32.1. The summed E-state index contributed by atoms with van der Waals surface area (Å²) in [6, 6.07) is 10.5. The minimum atomic E-state index is -0.777. The van der Waals surface area contributed by atoms with E-state index >= 15 is 0 Å². The maximum Gasteiger partial charge on any atom is 0.336 e. The maximum atomic E-state index is 13.2. The topological polar surface area (TPSA) is 57.5 Å². The Morgan fingerprint density at radius 1 is 1.24 bits per heavy atom. The monoisotopic (exact) mass is 405 g/mol. The predicted octanol–water partition coefficient (Wildman–Crippen LogP) is 4.94. The number of cyclic esters (lactones) is 1. The fourth-order valence-corrected chi connectivity index (χ4v) is 4.86. The average Bonchev–Trinajstić information content (AvgIpc) is 3.44. The molecule has 2 atom stereocenters. The number of ketones is 1. The van der Waals surface area contributed by atoms with Crippen molar-refractivity contribution in [2.24, 2.45) is 7.05 Å². The third-order valence-corrected chi connectivity index (χ3v) is 6.60. The van der Waals surface area contributed by atoms with Crippen molar-refractivity contribution in [1.29, 1.82) is 0 Å². The standard InChI is InChI=1S/C23H19NO4S/c1-12-9-19(28-23(12)26)27-11-16-13(2)20-15-10-14(18-5-4-8-29-18)6-7-17(15)24(3)21(20)22(16)25/h4-11,13,19H,1-3H3. The molecule has 6 heteroatoms. The van der Waals surface area contributed by atoms with E-state index in [-0.39, 0.29) is 11.7 Å². The maximum absolute atomic E-state index is 13.2. The summed E-state index contributed by atoms with van der Waals surface area (Å²) in [5.74, 6) is -0.551. The van der Waals surface area contributed by atoms with E-state index in [1.807, 2.05) is 24.6 Å². The minimum Gasteiger partial charge on any atom is -0.458 e. The Balaban J connectivity index is 1.55. The molecule has 0 N–H and O–H groups in total. The summed E-state index contributed by atoms with van der Waals surface area (Å²) in [4.78, 5) is 25.9. The van der Waals surface area contributed by atoms with Crippen molar-refractivity contribution in [2.75, 3.05) is 0 Å². The van der Waals surface area contributed by atoms with Gasteiger partial charge in [-0.15, -0.1) is 11.3 Å². The number of benzene rings is 1. The molecule has 1 aromatic carbocycles. The molecule has 2 aromatic heterocycles. The molecule has 29 heavy (non-hydrogen) atoms. The molecule has 0 fully saturated rings. The SMILES string of the molecule is CC1=CC(OC=C2C(=O)c3c(c4cc(-c5cccs5)ccc4n3C)C2C)OC1=O. The fourth-order valence-electron chi connectivity index (χ4n) is 4.14. The molecule has 5 nitrogen and oxygen atoms in total. The number of aromatic nitrogens is 1. The van der Waals surface area contributed by atoms with Gasteiger partial charge in [0.25, 0.3) is 6.29 Å². The molecule has 0 bridgehead atoms. The quantitative estimate of drug-likeness (QED) is 0.352. The highest BCUT2D eigenvalue weighted by Gasteiger charge is 2.38. The predicted molar refractivity (Wildman–Crippen MR) is 112 cm³/mol. The van der Waals surface area contributed by atoms with Crippen LogP contribution >= 0.6 is 11.3 Å².